The minimum Gasteiger partial charge on any atom is -0.340 e. The van der Waals surface area contributed by atoms with Gasteiger partial charge in [-0.25, -0.2) is 13.4 Å². The molecular formula is C20H23N5O5S. The highest BCUT2D eigenvalue weighted by molar-refractivity contribution is 7.89. The molecule has 0 unspecified atom stereocenters. The first kappa shape index (κ1) is 21.2. The van der Waals surface area contributed by atoms with E-state index in [1.807, 2.05) is 0 Å². The van der Waals surface area contributed by atoms with E-state index in [1.165, 1.54) is 15.4 Å². The predicted molar refractivity (Wildman–Crippen MR) is 110 cm³/mol. The molecule has 3 heterocycles. The van der Waals surface area contributed by atoms with Gasteiger partial charge in [-0.05, 0) is 25.5 Å². The molecule has 1 fully saturated rings. The largest absolute Gasteiger partial charge is 0.340 e. The van der Waals surface area contributed by atoms with Gasteiger partial charge in [-0.3, -0.25) is 19.3 Å². The van der Waals surface area contributed by atoms with Gasteiger partial charge in [0, 0.05) is 39.4 Å². The van der Waals surface area contributed by atoms with Crippen molar-refractivity contribution in [3.63, 3.8) is 0 Å². The number of carbonyl (C=O) groups is 3. The fourth-order valence-electron chi connectivity index (χ4n) is 3.78. The zero-order valence-electron chi connectivity index (χ0n) is 17.3. The van der Waals surface area contributed by atoms with Crippen LogP contribution in [0.3, 0.4) is 0 Å². The number of hydrogen-bond acceptors (Lipinski definition) is 6. The van der Waals surface area contributed by atoms with Crippen LogP contribution in [-0.4, -0.2) is 82.5 Å². The highest BCUT2D eigenvalue weighted by atomic mass is 32.2. The van der Waals surface area contributed by atoms with Gasteiger partial charge in [0.05, 0.1) is 11.1 Å². The fourth-order valence-corrected chi connectivity index (χ4v) is 5.28. The van der Waals surface area contributed by atoms with Gasteiger partial charge in [-0.1, -0.05) is 12.1 Å². The van der Waals surface area contributed by atoms with Gasteiger partial charge in [0.2, 0.25) is 5.91 Å². The maximum absolute atomic E-state index is 12.9. The monoisotopic (exact) mass is 445 g/mol. The number of carbonyl (C=O) groups excluding carboxylic acids is 3. The number of sulfonamides is 1. The summed E-state index contributed by atoms with van der Waals surface area (Å²) in [6.07, 6.45) is 1.92. The van der Waals surface area contributed by atoms with Crippen molar-refractivity contribution in [2.75, 3.05) is 32.7 Å². The zero-order chi connectivity index (χ0) is 22.3. The molecule has 0 aliphatic carbocycles. The molecular weight excluding hydrogens is 422 g/mol. The number of aryl methyl sites for hydroxylation is 2. The van der Waals surface area contributed by atoms with Crippen molar-refractivity contribution in [2.24, 2.45) is 7.05 Å². The average molecular weight is 446 g/mol. The maximum atomic E-state index is 12.9. The SMILES string of the molecule is Cc1nc(S(=O)(=O)N2CCCN(C(=O)CN3C(=O)c4ccccc4C3=O)CC2)cn1C. The van der Waals surface area contributed by atoms with E-state index in [0.717, 1.165) is 4.90 Å². The van der Waals surface area contributed by atoms with Gasteiger partial charge in [0.25, 0.3) is 21.8 Å². The number of hydrogen-bond donors (Lipinski definition) is 0. The molecule has 2 aromatic rings. The number of amides is 3. The van der Waals surface area contributed by atoms with Crippen LogP contribution in [0, 0.1) is 6.92 Å². The summed E-state index contributed by atoms with van der Waals surface area (Å²) in [7, 11) is -2.04. The molecule has 31 heavy (non-hydrogen) atoms. The van der Waals surface area contributed by atoms with Crippen LogP contribution in [0.15, 0.2) is 35.5 Å². The van der Waals surface area contributed by atoms with E-state index in [9.17, 15) is 22.8 Å². The number of aromatic nitrogens is 2. The van der Waals surface area contributed by atoms with E-state index >= 15 is 0 Å². The van der Waals surface area contributed by atoms with Gasteiger partial charge < -0.3 is 9.47 Å². The summed E-state index contributed by atoms with van der Waals surface area (Å²) in [5, 5.41) is -0.0155. The molecule has 0 spiro atoms. The Morgan fingerprint density at radius 3 is 2.26 bits per heavy atom. The Bertz CT molecular complexity index is 1120. The molecule has 1 aromatic heterocycles. The van der Waals surface area contributed by atoms with Gasteiger partial charge in [-0.15, -0.1) is 0 Å². The van der Waals surface area contributed by atoms with Crippen LogP contribution in [0.5, 0.6) is 0 Å². The maximum Gasteiger partial charge on any atom is 0.262 e. The van der Waals surface area contributed by atoms with E-state index in [0.29, 0.717) is 29.9 Å². The van der Waals surface area contributed by atoms with Crippen molar-refractivity contribution < 1.29 is 22.8 Å². The van der Waals surface area contributed by atoms with E-state index in [4.69, 9.17) is 0 Å². The summed E-state index contributed by atoms with van der Waals surface area (Å²) in [5.74, 6) is -0.773. The molecule has 164 valence electrons. The summed E-state index contributed by atoms with van der Waals surface area (Å²) < 4.78 is 28.8. The molecule has 1 saturated heterocycles. The third kappa shape index (κ3) is 3.74. The normalized spacial score (nSPS) is 17.7. The molecule has 0 bridgehead atoms. The van der Waals surface area contributed by atoms with Crippen molar-refractivity contribution in [2.45, 2.75) is 18.4 Å². The third-order valence-electron chi connectivity index (χ3n) is 5.67. The molecule has 0 atom stereocenters. The summed E-state index contributed by atoms with van der Waals surface area (Å²) >= 11 is 0. The van der Waals surface area contributed by atoms with Crippen LogP contribution in [0.25, 0.3) is 0 Å². The van der Waals surface area contributed by atoms with Crippen molar-refractivity contribution in [1.82, 2.24) is 23.7 Å². The summed E-state index contributed by atoms with van der Waals surface area (Å²) in [6.45, 7) is 2.25. The molecule has 2 aliphatic rings. The Kier molecular flexibility index (Phi) is 5.40. The first-order valence-electron chi connectivity index (χ1n) is 9.93. The Morgan fingerprint density at radius 2 is 1.68 bits per heavy atom. The Morgan fingerprint density at radius 1 is 1.03 bits per heavy atom. The van der Waals surface area contributed by atoms with Crippen LogP contribution in [0.2, 0.25) is 0 Å². The number of rotatable bonds is 4. The molecule has 0 N–H and O–H groups in total. The Labute approximate surface area is 180 Å². The highest BCUT2D eigenvalue weighted by Gasteiger charge is 2.37. The van der Waals surface area contributed by atoms with Gasteiger partial charge >= 0.3 is 0 Å². The molecule has 0 radical (unpaired) electrons. The molecule has 11 heteroatoms. The minimum atomic E-state index is -3.77. The molecule has 4 rings (SSSR count). The molecule has 1 aromatic carbocycles. The van der Waals surface area contributed by atoms with E-state index in [2.05, 4.69) is 4.98 Å². The number of imidazole rings is 1. The Hall–Kier alpha value is -3.05. The third-order valence-corrected chi connectivity index (χ3v) is 7.44. The quantitative estimate of drug-likeness (QED) is 0.624. The van der Waals surface area contributed by atoms with Gasteiger partial charge in [0.1, 0.15) is 12.4 Å². The number of nitrogens with zero attached hydrogens (tertiary/aromatic N) is 5. The zero-order valence-corrected chi connectivity index (χ0v) is 18.1. The number of imide groups is 1. The van der Waals surface area contributed by atoms with Crippen molar-refractivity contribution in [1.29, 1.82) is 0 Å². The standard InChI is InChI=1S/C20H23N5O5S/c1-14-21-17(12-22(14)2)31(29,30)24-9-5-8-23(10-11-24)18(26)13-25-19(27)15-6-3-4-7-16(15)20(25)28/h3-4,6-7,12H,5,8-11,13H2,1-2H3. The highest BCUT2D eigenvalue weighted by Crippen LogP contribution is 2.23. The second-order valence-corrected chi connectivity index (χ2v) is 9.50. The lowest BCUT2D eigenvalue weighted by molar-refractivity contribution is -0.131. The fraction of sp³-hybridized carbons (Fsp3) is 0.400. The topological polar surface area (TPSA) is 113 Å². The second-order valence-electron chi connectivity index (χ2n) is 7.62. The number of fused-ring (bicyclic) bond motifs is 1. The predicted octanol–water partition coefficient (Wildman–Crippen LogP) is 0.248. The van der Waals surface area contributed by atoms with Crippen molar-refractivity contribution in [3.8, 4) is 0 Å². The minimum absolute atomic E-state index is 0.0155. The Balaban J connectivity index is 1.43. The molecule has 2 aliphatic heterocycles. The lowest BCUT2D eigenvalue weighted by atomic mass is 10.1. The lowest BCUT2D eigenvalue weighted by Gasteiger charge is -2.23. The molecule has 3 amide bonds. The summed E-state index contributed by atoms with van der Waals surface area (Å²) in [4.78, 5) is 44.4. The van der Waals surface area contributed by atoms with E-state index < -0.39 is 21.8 Å². The first-order valence-corrected chi connectivity index (χ1v) is 11.4. The smallest absolute Gasteiger partial charge is 0.262 e. The molecule has 0 saturated carbocycles. The number of benzene rings is 1. The van der Waals surface area contributed by atoms with E-state index in [-0.39, 0.29) is 37.1 Å². The summed E-state index contributed by atoms with van der Waals surface area (Å²) in [5.41, 5.74) is 0.582. The van der Waals surface area contributed by atoms with Crippen molar-refractivity contribution >= 4 is 27.7 Å². The van der Waals surface area contributed by atoms with Crippen LogP contribution in [0.1, 0.15) is 33.0 Å². The lowest BCUT2D eigenvalue weighted by Crippen LogP contribution is -2.44. The van der Waals surface area contributed by atoms with Crippen LogP contribution in [0.4, 0.5) is 0 Å². The van der Waals surface area contributed by atoms with Crippen molar-refractivity contribution in [3.05, 3.63) is 47.4 Å². The van der Waals surface area contributed by atoms with Crippen LogP contribution < -0.4 is 0 Å². The van der Waals surface area contributed by atoms with Crippen LogP contribution >= 0.6 is 0 Å². The summed E-state index contributed by atoms with van der Waals surface area (Å²) in [6, 6.07) is 6.46. The molecule has 10 nitrogen and oxygen atoms in total. The van der Waals surface area contributed by atoms with Gasteiger partial charge in [-0.2, -0.15) is 4.31 Å². The average Bonchev–Trinajstić information content (AvgIpc) is 3.08. The van der Waals surface area contributed by atoms with Crippen LogP contribution in [-0.2, 0) is 21.9 Å². The van der Waals surface area contributed by atoms with E-state index in [1.54, 1.807) is 42.8 Å². The second kappa shape index (κ2) is 7.89. The first-order chi connectivity index (χ1) is 14.7. The van der Waals surface area contributed by atoms with Gasteiger partial charge in [0.15, 0.2) is 5.03 Å².